The predicted molar refractivity (Wildman–Crippen MR) is 82.2 cm³/mol. The highest BCUT2D eigenvalue weighted by Gasteiger charge is 2.17. The number of carbonyl (C=O) groups excluding carboxylic acids is 1. The molecule has 0 atom stereocenters. The Hall–Kier alpha value is -3.64. The number of hydrogen-bond acceptors (Lipinski definition) is 6. The van der Waals surface area contributed by atoms with Crippen LogP contribution in [0.4, 0.5) is 11.4 Å². The average molecular weight is 308 g/mol. The van der Waals surface area contributed by atoms with Gasteiger partial charge in [-0.25, -0.2) is 9.89 Å². The highest BCUT2D eigenvalue weighted by Crippen LogP contribution is 2.33. The molecule has 0 fully saturated rings. The molecule has 1 aromatic heterocycles. The van der Waals surface area contributed by atoms with Crippen LogP contribution in [0.2, 0.25) is 0 Å². The smallest absolute Gasteiger partial charge is 0.267 e. The Kier molecular flexibility index (Phi) is 3.50. The van der Waals surface area contributed by atoms with Gasteiger partial charge in [0.15, 0.2) is 5.69 Å². The van der Waals surface area contributed by atoms with Crippen molar-refractivity contribution in [1.29, 1.82) is 0 Å². The Labute approximate surface area is 128 Å². The number of nitro groups is 1. The topological polar surface area (TPSA) is 118 Å². The lowest BCUT2D eigenvalue weighted by atomic mass is 10.0. The highest BCUT2D eigenvalue weighted by molar-refractivity contribution is 5.94. The number of H-pyrrole nitrogens is 1. The quantitative estimate of drug-likeness (QED) is 0.345. The summed E-state index contributed by atoms with van der Waals surface area (Å²) in [5.74, 6) is 0. The molecule has 1 heterocycles. The lowest BCUT2D eigenvalue weighted by Crippen LogP contribution is -2.09. The third kappa shape index (κ3) is 2.50. The molecule has 8 nitrogen and oxygen atoms in total. The van der Waals surface area contributed by atoms with E-state index < -0.39 is 4.92 Å². The van der Waals surface area contributed by atoms with Crippen LogP contribution in [0.5, 0.6) is 0 Å². The Balaban J connectivity index is 2.30. The Bertz CT molecular complexity index is 1040. The van der Waals surface area contributed by atoms with Crippen molar-refractivity contribution in [1.82, 2.24) is 10.2 Å². The molecule has 0 aliphatic heterocycles. The molecule has 0 saturated carbocycles. The third-order valence-corrected chi connectivity index (χ3v) is 3.31. The van der Waals surface area contributed by atoms with Gasteiger partial charge in [0.05, 0.1) is 16.0 Å². The maximum atomic E-state index is 11.8. The summed E-state index contributed by atoms with van der Waals surface area (Å²) >= 11 is 0. The van der Waals surface area contributed by atoms with E-state index in [9.17, 15) is 19.7 Å². The molecule has 2 aromatic carbocycles. The average Bonchev–Trinajstić information content (AvgIpc) is 2.56. The van der Waals surface area contributed by atoms with Crippen molar-refractivity contribution in [3.05, 3.63) is 62.9 Å². The molecule has 0 bridgehead atoms. The van der Waals surface area contributed by atoms with E-state index in [1.54, 1.807) is 24.3 Å². The van der Waals surface area contributed by atoms with Gasteiger partial charge in [0.25, 0.3) is 11.2 Å². The minimum absolute atomic E-state index is 0.0949. The summed E-state index contributed by atoms with van der Waals surface area (Å²) in [5.41, 5.74) is 0.0327. The maximum absolute atomic E-state index is 11.8. The molecule has 3 rings (SSSR count). The molecule has 0 aliphatic carbocycles. The number of aromatic nitrogens is 2. The van der Waals surface area contributed by atoms with Gasteiger partial charge >= 0.3 is 0 Å². The monoisotopic (exact) mass is 308 g/mol. The van der Waals surface area contributed by atoms with E-state index in [0.29, 0.717) is 22.0 Å². The van der Waals surface area contributed by atoms with Crippen molar-refractivity contribution >= 4 is 28.2 Å². The Morgan fingerprint density at radius 3 is 2.61 bits per heavy atom. The van der Waals surface area contributed by atoms with Crippen molar-refractivity contribution in [2.24, 2.45) is 4.99 Å². The summed E-state index contributed by atoms with van der Waals surface area (Å²) in [6, 6.07) is 10.9. The van der Waals surface area contributed by atoms with E-state index in [1.165, 1.54) is 24.3 Å². The van der Waals surface area contributed by atoms with E-state index in [-0.39, 0.29) is 16.9 Å². The second kappa shape index (κ2) is 5.63. The first-order valence-corrected chi connectivity index (χ1v) is 6.46. The van der Waals surface area contributed by atoms with Gasteiger partial charge in [-0.1, -0.05) is 24.3 Å². The summed E-state index contributed by atoms with van der Waals surface area (Å²) < 4.78 is 0. The van der Waals surface area contributed by atoms with Crippen molar-refractivity contribution < 1.29 is 9.72 Å². The van der Waals surface area contributed by atoms with E-state index in [2.05, 4.69) is 15.2 Å². The maximum Gasteiger partial charge on any atom is 0.296 e. The fourth-order valence-corrected chi connectivity index (χ4v) is 2.30. The van der Waals surface area contributed by atoms with Crippen LogP contribution >= 0.6 is 0 Å². The molecule has 0 radical (unpaired) electrons. The van der Waals surface area contributed by atoms with E-state index >= 15 is 0 Å². The summed E-state index contributed by atoms with van der Waals surface area (Å²) in [4.78, 5) is 35.9. The van der Waals surface area contributed by atoms with Crippen molar-refractivity contribution in [3.63, 3.8) is 0 Å². The number of hydrogen-bond donors (Lipinski definition) is 1. The summed E-state index contributed by atoms with van der Waals surface area (Å²) in [7, 11) is 0. The second-order valence-electron chi connectivity index (χ2n) is 4.61. The van der Waals surface area contributed by atoms with Crippen LogP contribution in [0.1, 0.15) is 0 Å². The van der Waals surface area contributed by atoms with Gasteiger partial charge in [-0.3, -0.25) is 14.9 Å². The second-order valence-corrected chi connectivity index (χ2v) is 4.61. The number of nitrogens with one attached hydrogen (secondary N) is 1. The minimum atomic E-state index is -0.645. The van der Waals surface area contributed by atoms with Crippen LogP contribution in [0.15, 0.2) is 52.3 Å². The van der Waals surface area contributed by atoms with Gasteiger partial charge < -0.3 is 0 Å². The van der Waals surface area contributed by atoms with Crippen molar-refractivity contribution in [2.45, 2.75) is 0 Å². The fourth-order valence-electron chi connectivity index (χ4n) is 2.30. The van der Waals surface area contributed by atoms with Crippen LogP contribution in [-0.2, 0) is 4.79 Å². The van der Waals surface area contributed by atoms with Gasteiger partial charge in [0.2, 0.25) is 6.08 Å². The number of isocyanates is 1. The molecule has 1 N–H and O–H groups in total. The fraction of sp³-hybridized carbons (Fsp3) is 0. The number of benzene rings is 2. The SMILES string of the molecule is O=C=Nc1ccc(-c2n[nH]c(=O)c3ccccc23)cc1[N+](=O)[O-]. The summed E-state index contributed by atoms with van der Waals surface area (Å²) in [6.07, 6.45) is 1.28. The molecule has 3 aromatic rings. The van der Waals surface area contributed by atoms with Crippen molar-refractivity contribution in [3.8, 4) is 11.3 Å². The lowest BCUT2D eigenvalue weighted by Gasteiger charge is -2.05. The molecule has 112 valence electrons. The van der Waals surface area contributed by atoms with Crippen LogP contribution in [0.3, 0.4) is 0 Å². The summed E-state index contributed by atoms with van der Waals surface area (Å²) in [6.45, 7) is 0. The number of nitro benzene ring substituents is 1. The molecule has 23 heavy (non-hydrogen) atoms. The first kappa shape index (κ1) is 14.3. The lowest BCUT2D eigenvalue weighted by molar-refractivity contribution is -0.384. The predicted octanol–water partition coefficient (Wildman–Crippen LogP) is 2.47. The highest BCUT2D eigenvalue weighted by atomic mass is 16.6. The molecule has 0 aliphatic rings. The van der Waals surface area contributed by atoms with E-state index in [1.807, 2.05) is 0 Å². The first-order valence-electron chi connectivity index (χ1n) is 6.46. The van der Waals surface area contributed by atoms with Crippen LogP contribution in [0.25, 0.3) is 22.0 Å². The third-order valence-electron chi connectivity index (χ3n) is 3.31. The Morgan fingerprint density at radius 1 is 1.17 bits per heavy atom. The number of rotatable bonds is 3. The van der Waals surface area contributed by atoms with Gasteiger partial charge in [0.1, 0.15) is 0 Å². The molecule has 8 heteroatoms. The van der Waals surface area contributed by atoms with Gasteiger partial charge in [-0.15, -0.1) is 0 Å². The molecule has 0 unspecified atom stereocenters. The normalized spacial score (nSPS) is 10.3. The Morgan fingerprint density at radius 2 is 1.91 bits per heavy atom. The zero-order valence-electron chi connectivity index (χ0n) is 11.5. The molecular formula is C15H8N4O4. The zero-order chi connectivity index (χ0) is 16.4. The number of fused-ring (bicyclic) bond motifs is 1. The summed E-state index contributed by atoms with van der Waals surface area (Å²) in [5, 5.41) is 18.5. The molecular weight excluding hydrogens is 300 g/mol. The number of nitrogens with zero attached hydrogens (tertiary/aromatic N) is 3. The standard InChI is InChI=1S/C15H8N4O4/c20-8-16-12-6-5-9(7-13(12)19(22)23)14-10-3-1-2-4-11(10)15(21)18-17-14/h1-7H,(H,18,21). The first-order chi connectivity index (χ1) is 11.1. The van der Waals surface area contributed by atoms with Gasteiger partial charge in [0, 0.05) is 17.0 Å². The van der Waals surface area contributed by atoms with E-state index in [0.717, 1.165) is 0 Å². The minimum Gasteiger partial charge on any atom is -0.267 e. The zero-order valence-corrected chi connectivity index (χ0v) is 11.5. The number of aliphatic imine (C=N–C) groups is 1. The van der Waals surface area contributed by atoms with Gasteiger partial charge in [-0.05, 0) is 12.1 Å². The largest absolute Gasteiger partial charge is 0.296 e. The van der Waals surface area contributed by atoms with E-state index in [4.69, 9.17) is 0 Å². The molecule has 0 amide bonds. The van der Waals surface area contributed by atoms with Gasteiger partial charge in [-0.2, -0.15) is 10.1 Å². The number of aromatic amines is 1. The van der Waals surface area contributed by atoms with Crippen LogP contribution < -0.4 is 5.56 Å². The van der Waals surface area contributed by atoms with Crippen LogP contribution in [0, 0.1) is 10.1 Å². The molecule has 0 spiro atoms. The van der Waals surface area contributed by atoms with Crippen LogP contribution in [-0.4, -0.2) is 21.2 Å². The molecule has 0 saturated heterocycles. The van der Waals surface area contributed by atoms with Crippen molar-refractivity contribution in [2.75, 3.05) is 0 Å².